The van der Waals surface area contributed by atoms with Crippen LogP contribution in [0.5, 0.6) is 0 Å². The lowest BCUT2D eigenvalue weighted by Gasteiger charge is -2.24. The van der Waals surface area contributed by atoms with Crippen molar-refractivity contribution in [2.45, 2.75) is 19.9 Å². The second kappa shape index (κ2) is 10.9. The van der Waals surface area contributed by atoms with E-state index in [-0.39, 0.29) is 24.7 Å². The van der Waals surface area contributed by atoms with Crippen LogP contribution in [0.2, 0.25) is 0 Å². The van der Waals surface area contributed by atoms with E-state index in [1.807, 2.05) is 30.3 Å². The van der Waals surface area contributed by atoms with E-state index in [1.165, 1.54) is 0 Å². The highest BCUT2D eigenvalue weighted by molar-refractivity contribution is 7.80. The first-order chi connectivity index (χ1) is 11.9. The largest absolute Gasteiger partial charge is 0.463 e. The summed E-state index contributed by atoms with van der Waals surface area (Å²) in [6, 6.07) is 9.46. The molecule has 0 bridgehead atoms. The van der Waals surface area contributed by atoms with Crippen LogP contribution in [-0.2, 0) is 25.7 Å². The highest BCUT2D eigenvalue weighted by Gasteiger charge is 2.13. The molecular formula is C17H21N3O4S. The Balaban J connectivity index is 2.69. The van der Waals surface area contributed by atoms with Gasteiger partial charge in [-0.15, -0.1) is 0 Å². The summed E-state index contributed by atoms with van der Waals surface area (Å²) in [7, 11) is 0. The van der Waals surface area contributed by atoms with Crippen LogP contribution in [0.25, 0.3) is 0 Å². The van der Waals surface area contributed by atoms with Crippen molar-refractivity contribution in [1.29, 1.82) is 0 Å². The van der Waals surface area contributed by atoms with E-state index in [4.69, 9.17) is 18.0 Å². The number of carbonyl (C=O) groups is 3. The van der Waals surface area contributed by atoms with Gasteiger partial charge < -0.3 is 15.4 Å². The molecule has 0 heterocycles. The zero-order valence-electron chi connectivity index (χ0n) is 13.9. The number of hydrogen-bond acceptors (Lipinski definition) is 5. The van der Waals surface area contributed by atoms with Gasteiger partial charge in [0.15, 0.2) is 5.11 Å². The first-order valence-corrected chi connectivity index (χ1v) is 8.10. The molecule has 1 rings (SSSR count). The van der Waals surface area contributed by atoms with Gasteiger partial charge in [-0.1, -0.05) is 30.3 Å². The Labute approximate surface area is 151 Å². The molecular weight excluding hydrogens is 342 g/mol. The lowest BCUT2D eigenvalue weighted by atomic mass is 10.2. The van der Waals surface area contributed by atoms with Crippen molar-refractivity contribution >= 4 is 35.1 Å². The minimum atomic E-state index is -0.613. The number of benzene rings is 1. The molecule has 1 aromatic carbocycles. The topological polar surface area (TPSA) is 102 Å². The van der Waals surface area contributed by atoms with Crippen LogP contribution >= 0.6 is 12.2 Å². The number of nitrogens with two attached hydrogens (primary N) is 1. The number of thiocarbonyl (C=S) groups is 1. The maximum atomic E-state index is 11.8. The molecule has 0 radical (unpaired) electrons. The minimum absolute atomic E-state index is 0.0987. The molecule has 8 heteroatoms. The second-order valence-corrected chi connectivity index (χ2v) is 5.39. The third kappa shape index (κ3) is 8.61. The van der Waals surface area contributed by atoms with Gasteiger partial charge in [0.2, 0.25) is 11.8 Å². The van der Waals surface area contributed by atoms with Crippen LogP contribution in [0, 0.1) is 0 Å². The van der Waals surface area contributed by atoms with Gasteiger partial charge in [0.05, 0.1) is 6.61 Å². The van der Waals surface area contributed by atoms with Gasteiger partial charge in [-0.25, -0.2) is 4.79 Å². The van der Waals surface area contributed by atoms with E-state index in [0.29, 0.717) is 6.54 Å². The lowest BCUT2D eigenvalue weighted by Crippen LogP contribution is -2.43. The molecule has 7 nitrogen and oxygen atoms in total. The number of hydrogen-bond donors (Lipinski definition) is 2. The Hall–Kier alpha value is -2.74. The molecule has 25 heavy (non-hydrogen) atoms. The van der Waals surface area contributed by atoms with E-state index in [9.17, 15) is 14.4 Å². The van der Waals surface area contributed by atoms with Gasteiger partial charge in [-0.3, -0.25) is 14.9 Å². The van der Waals surface area contributed by atoms with Gasteiger partial charge in [0.25, 0.3) is 0 Å². The fraction of sp³-hybridized carbons (Fsp3) is 0.294. The average molecular weight is 363 g/mol. The Kier molecular flexibility index (Phi) is 8.87. The molecule has 3 N–H and O–H groups in total. The molecule has 0 saturated heterocycles. The van der Waals surface area contributed by atoms with Gasteiger partial charge in [-0.05, 0) is 24.7 Å². The summed E-state index contributed by atoms with van der Waals surface area (Å²) in [5.74, 6) is -1.64. The normalized spacial score (nSPS) is 10.3. The van der Waals surface area contributed by atoms with Crippen molar-refractivity contribution in [1.82, 2.24) is 10.2 Å². The summed E-state index contributed by atoms with van der Waals surface area (Å²) in [5, 5.41) is 2.64. The molecule has 0 saturated carbocycles. The third-order valence-electron chi connectivity index (χ3n) is 3.02. The fourth-order valence-electron chi connectivity index (χ4n) is 1.86. The van der Waals surface area contributed by atoms with Gasteiger partial charge >= 0.3 is 5.97 Å². The molecule has 2 amide bonds. The minimum Gasteiger partial charge on any atom is -0.463 e. The number of carbonyl (C=O) groups excluding carboxylic acids is 3. The molecule has 0 aliphatic heterocycles. The van der Waals surface area contributed by atoms with Crippen molar-refractivity contribution < 1.29 is 19.1 Å². The van der Waals surface area contributed by atoms with Crippen molar-refractivity contribution in [3.05, 3.63) is 48.0 Å². The zero-order chi connectivity index (χ0) is 18.7. The Morgan fingerprint density at radius 2 is 1.92 bits per heavy atom. The predicted molar refractivity (Wildman–Crippen MR) is 97.2 cm³/mol. The smallest absolute Gasteiger partial charge is 0.330 e. The van der Waals surface area contributed by atoms with Gasteiger partial charge in [0, 0.05) is 31.7 Å². The maximum absolute atomic E-state index is 11.8. The lowest BCUT2D eigenvalue weighted by molar-refractivity contribution is -0.137. The van der Waals surface area contributed by atoms with Crippen LogP contribution < -0.4 is 11.1 Å². The summed E-state index contributed by atoms with van der Waals surface area (Å²) >= 11 is 5.23. The molecule has 0 fully saturated rings. The maximum Gasteiger partial charge on any atom is 0.330 e. The Bertz CT molecular complexity index is 647. The Morgan fingerprint density at radius 1 is 1.24 bits per heavy atom. The number of nitrogens with zero attached hydrogens (tertiary/aromatic N) is 1. The molecule has 0 aliphatic carbocycles. The van der Waals surface area contributed by atoms with Crippen LogP contribution in [0.4, 0.5) is 0 Å². The van der Waals surface area contributed by atoms with E-state index >= 15 is 0 Å². The fourth-order valence-corrected chi connectivity index (χ4v) is 2.12. The molecule has 1 aromatic rings. The first kappa shape index (κ1) is 20.3. The highest BCUT2D eigenvalue weighted by Crippen LogP contribution is 2.06. The average Bonchev–Trinajstić information content (AvgIpc) is 2.57. The van der Waals surface area contributed by atoms with E-state index < -0.39 is 17.8 Å². The summed E-state index contributed by atoms with van der Waals surface area (Å²) in [6.45, 7) is 2.57. The number of primary amides is 1. The SMILES string of the molecule is CCOC(=O)/C=C/C(=O)NC(=S)N(CCC(N)=O)Cc1ccccc1. The number of esters is 1. The summed E-state index contributed by atoms with van der Waals surface area (Å²) in [5.41, 5.74) is 6.15. The monoisotopic (exact) mass is 363 g/mol. The molecule has 0 spiro atoms. The van der Waals surface area contributed by atoms with Crippen molar-refractivity contribution in [2.24, 2.45) is 5.73 Å². The second-order valence-electron chi connectivity index (χ2n) is 5.00. The van der Waals surface area contributed by atoms with Gasteiger partial charge in [0.1, 0.15) is 0 Å². The molecule has 134 valence electrons. The van der Waals surface area contributed by atoms with E-state index in [2.05, 4.69) is 10.1 Å². The van der Waals surface area contributed by atoms with Crippen LogP contribution in [-0.4, -0.2) is 40.9 Å². The molecule has 0 atom stereocenters. The molecule has 0 aliphatic rings. The highest BCUT2D eigenvalue weighted by atomic mass is 32.1. The summed E-state index contributed by atoms with van der Waals surface area (Å²) < 4.78 is 4.69. The number of amides is 2. The third-order valence-corrected chi connectivity index (χ3v) is 3.38. The van der Waals surface area contributed by atoms with Gasteiger partial charge in [-0.2, -0.15) is 0 Å². The van der Waals surface area contributed by atoms with E-state index in [0.717, 1.165) is 17.7 Å². The number of ether oxygens (including phenoxy) is 1. The number of rotatable bonds is 8. The van der Waals surface area contributed by atoms with Crippen molar-refractivity contribution in [3.8, 4) is 0 Å². The first-order valence-electron chi connectivity index (χ1n) is 7.69. The molecule has 0 aromatic heterocycles. The zero-order valence-corrected chi connectivity index (χ0v) is 14.8. The predicted octanol–water partition coefficient (Wildman–Crippen LogP) is 0.884. The quantitative estimate of drug-likeness (QED) is 0.404. The van der Waals surface area contributed by atoms with Crippen molar-refractivity contribution in [2.75, 3.05) is 13.2 Å². The van der Waals surface area contributed by atoms with Crippen molar-refractivity contribution in [3.63, 3.8) is 0 Å². The standard InChI is InChI=1S/C17H21N3O4S/c1-2-24-16(23)9-8-15(22)19-17(25)20(11-10-14(18)21)12-13-6-4-3-5-7-13/h3-9H,2,10-12H2,1H3,(H2,18,21)(H,19,22,25)/b9-8+. The summed E-state index contributed by atoms with van der Waals surface area (Å²) in [4.78, 5) is 35.7. The van der Waals surface area contributed by atoms with E-state index in [1.54, 1.807) is 11.8 Å². The van der Waals surface area contributed by atoms with Crippen LogP contribution in [0.1, 0.15) is 18.9 Å². The number of nitrogens with one attached hydrogen (secondary N) is 1. The van der Waals surface area contributed by atoms with Crippen LogP contribution in [0.15, 0.2) is 42.5 Å². The summed E-state index contributed by atoms with van der Waals surface area (Å²) in [6.07, 6.45) is 2.16. The Morgan fingerprint density at radius 3 is 2.52 bits per heavy atom. The molecule has 0 unspecified atom stereocenters. The van der Waals surface area contributed by atoms with Crippen LogP contribution in [0.3, 0.4) is 0 Å².